The van der Waals surface area contributed by atoms with Gasteiger partial charge in [0.25, 0.3) is 5.56 Å². The van der Waals surface area contributed by atoms with Gasteiger partial charge in [-0.25, -0.2) is 4.79 Å². The van der Waals surface area contributed by atoms with Crippen LogP contribution in [0.2, 0.25) is 0 Å². The van der Waals surface area contributed by atoms with Crippen LogP contribution in [0.1, 0.15) is 48.2 Å². The number of nitrogen functional groups attached to an aromatic ring is 1. The highest BCUT2D eigenvalue weighted by molar-refractivity contribution is 6.02. The SMILES string of the molecule is CCCC(=O)Nc1cccc(NCC(=O)c2c(N)n(Cc3ccccc3)c(=O)n(CC)c2=O)c1C. The zero-order valence-electron chi connectivity index (χ0n) is 20.3. The van der Waals surface area contributed by atoms with Crippen LogP contribution in [-0.2, 0) is 17.9 Å². The van der Waals surface area contributed by atoms with E-state index in [9.17, 15) is 19.2 Å². The molecule has 1 heterocycles. The fourth-order valence-electron chi connectivity index (χ4n) is 3.84. The van der Waals surface area contributed by atoms with E-state index in [1.165, 1.54) is 4.57 Å². The van der Waals surface area contributed by atoms with Crippen LogP contribution in [0, 0.1) is 6.92 Å². The Kier molecular flexibility index (Phi) is 8.25. The number of nitrogens with one attached hydrogen (secondary N) is 2. The molecule has 0 bridgehead atoms. The highest BCUT2D eigenvalue weighted by Gasteiger charge is 2.22. The van der Waals surface area contributed by atoms with Gasteiger partial charge in [-0.1, -0.05) is 43.3 Å². The standard InChI is InChI=1S/C26H31N5O4/c1-4-10-22(33)29-20-14-9-13-19(17(20)3)28-15-21(32)23-24(27)31(16-18-11-7-6-8-12-18)26(35)30(5-2)25(23)34/h6-9,11-14,28H,4-5,10,15-16,27H2,1-3H3,(H,29,33). The minimum absolute atomic E-state index is 0.0858. The number of nitrogens with two attached hydrogens (primary N) is 1. The Morgan fingerprint density at radius 3 is 2.29 bits per heavy atom. The number of hydrogen-bond acceptors (Lipinski definition) is 6. The molecule has 0 aliphatic rings. The van der Waals surface area contributed by atoms with E-state index in [1.807, 2.05) is 44.2 Å². The minimum atomic E-state index is -0.705. The monoisotopic (exact) mass is 477 g/mol. The molecule has 0 saturated carbocycles. The number of aromatic nitrogens is 2. The van der Waals surface area contributed by atoms with Crippen LogP contribution in [0.3, 0.4) is 0 Å². The van der Waals surface area contributed by atoms with E-state index in [-0.39, 0.29) is 36.9 Å². The fraction of sp³-hybridized carbons (Fsp3) is 0.308. The first-order chi connectivity index (χ1) is 16.8. The Balaban J connectivity index is 1.90. The van der Waals surface area contributed by atoms with Crippen molar-refractivity contribution in [1.82, 2.24) is 9.13 Å². The maximum atomic E-state index is 13.2. The molecule has 2 aromatic carbocycles. The summed E-state index contributed by atoms with van der Waals surface area (Å²) in [4.78, 5) is 51.0. The van der Waals surface area contributed by atoms with Crippen molar-refractivity contribution >= 4 is 28.9 Å². The molecule has 3 aromatic rings. The summed E-state index contributed by atoms with van der Waals surface area (Å²) in [5.74, 6) is -0.772. The van der Waals surface area contributed by atoms with E-state index in [0.29, 0.717) is 17.8 Å². The smallest absolute Gasteiger partial charge is 0.332 e. The van der Waals surface area contributed by atoms with Crippen molar-refractivity contribution in [2.45, 2.75) is 46.7 Å². The molecule has 0 atom stereocenters. The van der Waals surface area contributed by atoms with Crippen molar-refractivity contribution in [3.05, 3.63) is 86.1 Å². The molecule has 35 heavy (non-hydrogen) atoms. The summed E-state index contributed by atoms with van der Waals surface area (Å²) < 4.78 is 2.27. The van der Waals surface area contributed by atoms with E-state index < -0.39 is 17.0 Å². The van der Waals surface area contributed by atoms with Gasteiger partial charge in [0, 0.05) is 24.3 Å². The number of hydrogen-bond donors (Lipinski definition) is 3. The summed E-state index contributed by atoms with van der Waals surface area (Å²) in [6, 6.07) is 14.5. The molecule has 0 spiro atoms. The first-order valence-corrected chi connectivity index (χ1v) is 11.6. The number of anilines is 3. The Bertz CT molecular complexity index is 1340. The average Bonchev–Trinajstić information content (AvgIpc) is 2.83. The van der Waals surface area contributed by atoms with Gasteiger partial charge in [-0.3, -0.25) is 23.5 Å². The molecule has 3 rings (SSSR count). The van der Waals surface area contributed by atoms with E-state index >= 15 is 0 Å². The molecule has 9 heteroatoms. The van der Waals surface area contributed by atoms with Crippen molar-refractivity contribution in [2.24, 2.45) is 0 Å². The number of benzene rings is 2. The fourth-order valence-corrected chi connectivity index (χ4v) is 3.84. The number of Topliss-reactive ketones (excluding diaryl/α,β-unsaturated/α-hetero) is 1. The number of carbonyl (C=O) groups excluding carboxylic acids is 2. The van der Waals surface area contributed by atoms with Gasteiger partial charge >= 0.3 is 5.69 Å². The van der Waals surface area contributed by atoms with Crippen LogP contribution in [0.4, 0.5) is 17.2 Å². The summed E-state index contributed by atoms with van der Waals surface area (Å²) in [6.07, 6.45) is 1.15. The van der Waals surface area contributed by atoms with Gasteiger partial charge in [-0.05, 0) is 43.5 Å². The quantitative estimate of drug-likeness (QED) is 0.385. The van der Waals surface area contributed by atoms with Crippen LogP contribution < -0.4 is 27.6 Å². The predicted molar refractivity (Wildman–Crippen MR) is 138 cm³/mol. The third-order valence-electron chi connectivity index (χ3n) is 5.77. The van der Waals surface area contributed by atoms with Crippen molar-refractivity contribution in [2.75, 3.05) is 22.9 Å². The Labute approximate surface area is 203 Å². The van der Waals surface area contributed by atoms with Crippen molar-refractivity contribution in [3.8, 4) is 0 Å². The largest absolute Gasteiger partial charge is 0.384 e. The van der Waals surface area contributed by atoms with Gasteiger partial charge in [0.1, 0.15) is 11.4 Å². The molecule has 184 valence electrons. The normalized spacial score (nSPS) is 10.7. The summed E-state index contributed by atoms with van der Waals surface area (Å²) in [5.41, 5.74) is 7.59. The second-order valence-corrected chi connectivity index (χ2v) is 8.22. The van der Waals surface area contributed by atoms with Crippen LogP contribution in [0.15, 0.2) is 58.1 Å². The summed E-state index contributed by atoms with van der Waals surface area (Å²) in [6.45, 7) is 5.46. The molecule has 0 radical (unpaired) electrons. The van der Waals surface area contributed by atoms with Crippen LogP contribution in [0.5, 0.6) is 0 Å². The number of amides is 1. The third-order valence-corrected chi connectivity index (χ3v) is 5.77. The number of carbonyl (C=O) groups is 2. The Morgan fingerprint density at radius 1 is 0.943 bits per heavy atom. The number of nitrogens with zero attached hydrogens (tertiary/aromatic N) is 2. The molecule has 4 N–H and O–H groups in total. The highest BCUT2D eigenvalue weighted by atomic mass is 16.2. The van der Waals surface area contributed by atoms with E-state index in [4.69, 9.17) is 5.73 Å². The zero-order valence-corrected chi connectivity index (χ0v) is 20.3. The second kappa shape index (κ2) is 11.3. The Morgan fingerprint density at radius 2 is 1.63 bits per heavy atom. The predicted octanol–water partition coefficient (Wildman–Crippen LogP) is 3.00. The molecule has 1 aromatic heterocycles. The molecule has 0 fully saturated rings. The van der Waals surface area contributed by atoms with Gasteiger partial charge in [0.15, 0.2) is 5.78 Å². The van der Waals surface area contributed by atoms with Crippen molar-refractivity contribution in [1.29, 1.82) is 0 Å². The minimum Gasteiger partial charge on any atom is -0.384 e. The van der Waals surface area contributed by atoms with E-state index in [1.54, 1.807) is 25.1 Å². The molecule has 9 nitrogen and oxygen atoms in total. The Hall–Kier alpha value is -4.14. The lowest BCUT2D eigenvalue weighted by atomic mass is 10.1. The first-order valence-electron chi connectivity index (χ1n) is 11.6. The second-order valence-electron chi connectivity index (χ2n) is 8.22. The molecular formula is C26H31N5O4. The topological polar surface area (TPSA) is 128 Å². The first kappa shape index (κ1) is 25.5. The number of ketones is 1. The molecule has 0 aliphatic carbocycles. The van der Waals surface area contributed by atoms with Gasteiger partial charge < -0.3 is 16.4 Å². The summed E-state index contributed by atoms with van der Waals surface area (Å²) in [5, 5.41) is 5.91. The molecule has 1 amide bonds. The molecule has 0 saturated heterocycles. The summed E-state index contributed by atoms with van der Waals surface area (Å²) >= 11 is 0. The number of rotatable bonds is 10. The van der Waals surface area contributed by atoms with Gasteiger partial charge in [0.05, 0.1) is 13.1 Å². The van der Waals surface area contributed by atoms with Crippen LogP contribution >= 0.6 is 0 Å². The molecular weight excluding hydrogens is 446 g/mol. The van der Waals surface area contributed by atoms with Crippen LogP contribution in [0.25, 0.3) is 0 Å². The van der Waals surface area contributed by atoms with Gasteiger partial charge in [0.2, 0.25) is 5.91 Å². The lowest BCUT2D eigenvalue weighted by Crippen LogP contribution is -2.44. The van der Waals surface area contributed by atoms with Gasteiger partial charge in [-0.15, -0.1) is 0 Å². The van der Waals surface area contributed by atoms with Crippen LogP contribution in [-0.4, -0.2) is 27.4 Å². The average molecular weight is 478 g/mol. The third kappa shape index (κ3) is 5.68. The van der Waals surface area contributed by atoms with E-state index in [0.717, 1.165) is 22.1 Å². The van der Waals surface area contributed by atoms with Crippen molar-refractivity contribution in [3.63, 3.8) is 0 Å². The zero-order chi connectivity index (χ0) is 25.5. The van der Waals surface area contributed by atoms with Crippen molar-refractivity contribution < 1.29 is 9.59 Å². The summed E-state index contributed by atoms with van der Waals surface area (Å²) in [7, 11) is 0. The van der Waals surface area contributed by atoms with E-state index in [2.05, 4.69) is 10.6 Å². The maximum Gasteiger partial charge on any atom is 0.332 e. The van der Waals surface area contributed by atoms with Gasteiger partial charge in [-0.2, -0.15) is 0 Å². The highest BCUT2D eigenvalue weighted by Crippen LogP contribution is 2.23. The molecule has 0 aliphatic heterocycles. The lowest BCUT2D eigenvalue weighted by Gasteiger charge is -2.17. The molecule has 0 unspecified atom stereocenters. The lowest BCUT2D eigenvalue weighted by molar-refractivity contribution is -0.116. The maximum absolute atomic E-state index is 13.2.